The zero-order valence-electron chi connectivity index (χ0n) is 12.2. The minimum atomic E-state index is -3.66. The molecule has 0 spiro atoms. The number of hydrogen-bond acceptors (Lipinski definition) is 5. The maximum atomic E-state index is 12.6. The van der Waals surface area contributed by atoms with Crippen LogP contribution in [0.15, 0.2) is 11.2 Å². The number of piperazine rings is 1. The Balaban J connectivity index is 2.18. The summed E-state index contributed by atoms with van der Waals surface area (Å²) in [6.07, 6.45) is 1.32. The fourth-order valence-electron chi connectivity index (χ4n) is 2.37. The second kappa shape index (κ2) is 5.57. The predicted molar refractivity (Wildman–Crippen MR) is 78.2 cm³/mol. The number of nitrogens with zero attached hydrogens (tertiary/aromatic N) is 5. The Morgan fingerprint density at radius 1 is 1.33 bits per heavy atom. The summed E-state index contributed by atoms with van der Waals surface area (Å²) in [5.41, 5.74) is -0.597. The Labute approximate surface area is 129 Å². The molecule has 0 atom stereocenters. The molecule has 21 heavy (non-hydrogen) atoms. The summed E-state index contributed by atoms with van der Waals surface area (Å²) < 4.78 is 27.9. The molecule has 1 aliphatic rings. The molecule has 0 saturated carbocycles. The van der Waals surface area contributed by atoms with Crippen LogP contribution in [0.3, 0.4) is 0 Å². The molecule has 1 aliphatic heterocycles. The van der Waals surface area contributed by atoms with Gasteiger partial charge in [-0.25, -0.2) is 8.42 Å². The van der Waals surface area contributed by atoms with Gasteiger partial charge in [-0.15, -0.1) is 0 Å². The third-order valence-corrected chi connectivity index (χ3v) is 6.14. The van der Waals surface area contributed by atoms with E-state index in [4.69, 9.17) is 16.9 Å². The monoisotopic (exact) mass is 331 g/mol. The highest BCUT2D eigenvalue weighted by Gasteiger charge is 2.36. The molecule has 116 valence electrons. The molecule has 0 bridgehead atoms. The molecule has 1 saturated heterocycles. The van der Waals surface area contributed by atoms with Crippen LogP contribution in [-0.2, 0) is 17.1 Å². The van der Waals surface area contributed by atoms with Crippen molar-refractivity contribution < 1.29 is 8.42 Å². The molecule has 0 amide bonds. The number of aryl methyl sites for hydroxylation is 1. The van der Waals surface area contributed by atoms with Gasteiger partial charge in [-0.1, -0.05) is 11.6 Å². The highest BCUT2D eigenvalue weighted by atomic mass is 35.5. The summed E-state index contributed by atoms with van der Waals surface area (Å²) in [6.45, 7) is 5.33. The lowest BCUT2D eigenvalue weighted by Gasteiger charge is -2.39. The van der Waals surface area contributed by atoms with Gasteiger partial charge in [0.1, 0.15) is 5.54 Å². The Hall–Kier alpha value is -1.14. The molecule has 9 heteroatoms. The van der Waals surface area contributed by atoms with Crippen LogP contribution in [-0.4, -0.2) is 59.1 Å². The quantitative estimate of drug-likeness (QED) is 0.813. The SMILES string of the molecule is Cn1ncc(Cl)c1S(=O)(=O)N1CCN(C(C)(C)C#N)CC1. The summed E-state index contributed by atoms with van der Waals surface area (Å²) in [4.78, 5) is 1.98. The minimum absolute atomic E-state index is 0.0113. The van der Waals surface area contributed by atoms with Crippen molar-refractivity contribution >= 4 is 21.6 Å². The van der Waals surface area contributed by atoms with Gasteiger partial charge in [0, 0.05) is 33.2 Å². The van der Waals surface area contributed by atoms with Crippen LogP contribution in [0.4, 0.5) is 0 Å². The topological polar surface area (TPSA) is 82.2 Å². The first-order chi connectivity index (χ1) is 9.70. The lowest BCUT2D eigenvalue weighted by Crippen LogP contribution is -2.55. The smallest absolute Gasteiger partial charge is 0.261 e. The Kier molecular flexibility index (Phi) is 4.31. The molecule has 2 rings (SSSR count). The second-order valence-corrected chi connectivity index (χ2v) is 7.74. The van der Waals surface area contributed by atoms with Crippen molar-refractivity contribution in [1.29, 1.82) is 5.26 Å². The minimum Gasteiger partial charge on any atom is -0.283 e. The summed E-state index contributed by atoms with van der Waals surface area (Å²) in [7, 11) is -2.11. The molecular formula is C12H18ClN5O2S. The van der Waals surface area contributed by atoms with Gasteiger partial charge >= 0.3 is 0 Å². The van der Waals surface area contributed by atoms with Gasteiger partial charge < -0.3 is 0 Å². The second-order valence-electron chi connectivity index (χ2n) is 5.48. The third kappa shape index (κ3) is 2.92. The number of aromatic nitrogens is 2. The van der Waals surface area contributed by atoms with E-state index in [1.807, 2.05) is 18.7 Å². The fourth-order valence-corrected chi connectivity index (χ4v) is 4.40. The maximum Gasteiger partial charge on any atom is 0.261 e. The number of hydrogen-bond donors (Lipinski definition) is 0. The van der Waals surface area contributed by atoms with E-state index in [1.165, 1.54) is 15.2 Å². The van der Waals surface area contributed by atoms with Crippen LogP contribution < -0.4 is 0 Å². The Morgan fingerprint density at radius 2 is 1.90 bits per heavy atom. The molecule has 1 fully saturated rings. The molecule has 0 aliphatic carbocycles. The normalized spacial score (nSPS) is 18.6. The van der Waals surface area contributed by atoms with Crippen molar-refractivity contribution in [3.63, 3.8) is 0 Å². The summed E-state index contributed by atoms with van der Waals surface area (Å²) in [5, 5.41) is 13.1. The van der Waals surface area contributed by atoms with Crippen LogP contribution in [0.2, 0.25) is 5.02 Å². The molecule has 0 N–H and O–H groups in total. The molecule has 1 aromatic heterocycles. The zero-order chi connectivity index (χ0) is 15.8. The lowest BCUT2D eigenvalue weighted by atomic mass is 10.0. The van der Waals surface area contributed by atoms with E-state index >= 15 is 0 Å². The van der Waals surface area contributed by atoms with E-state index in [1.54, 1.807) is 7.05 Å². The lowest BCUT2D eigenvalue weighted by molar-refractivity contribution is 0.115. The highest BCUT2D eigenvalue weighted by molar-refractivity contribution is 7.89. The van der Waals surface area contributed by atoms with Crippen molar-refractivity contribution in [3.05, 3.63) is 11.2 Å². The van der Waals surface area contributed by atoms with Crippen molar-refractivity contribution in [2.45, 2.75) is 24.4 Å². The third-order valence-electron chi connectivity index (χ3n) is 3.73. The van der Waals surface area contributed by atoms with Gasteiger partial charge in [0.2, 0.25) is 0 Å². The van der Waals surface area contributed by atoms with Crippen LogP contribution in [0.25, 0.3) is 0 Å². The van der Waals surface area contributed by atoms with Crippen molar-refractivity contribution in [3.8, 4) is 6.07 Å². The van der Waals surface area contributed by atoms with Gasteiger partial charge in [-0.2, -0.15) is 14.7 Å². The van der Waals surface area contributed by atoms with E-state index in [0.717, 1.165) is 0 Å². The Bertz CT molecular complexity index is 649. The molecule has 1 aromatic rings. The zero-order valence-corrected chi connectivity index (χ0v) is 13.8. The van der Waals surface area contributed by atoms with Crippen LogP contribution in [0.1, 0.15) is 13.8 Å². The first-order valence-electron chi connectivity index (χ1n) is 6.54. The largest absolute Gasteiger partial charge is 0.283 e. The number of nitriles is 1. The number of sulfonamides is 1. The fraction of sp³-hybridized carbons (Fsp3) is 0.667. The maximum absolute atomic E-state index is 12.6. The van der Waals surface area contributed by atoms with E-state index in [0.29, 0.717) is 26.2 Å². The summed E-state index contributed by atoms with van der Waals surface area (Å²) in [5.74, 6) is 0. The van der Waals surface area contributed by atoms with Crippen LogP contribution in [0.5, 0.6) is 0 Å². The van der Waals surface area contributed by atoms with Crippen molar-refractivity contribution in [2.24, 2.45) is 7.05 Å². The van der Waals surface area contributed by atoms with E-state index in [2.05, 4.69) is 11.2 Å². The molecule has 0 unspecified atom stereocenters. The van der Waals surface area contributed by atoms with E-state index in [-0.39, 0.29) is 10.0 Å². The van der Waals surface area contributed by atoms with Crippen molar-refractivity contribution in [2.75, 3.05) is 26.2 Å². The van der Waals surface area contributed by atoms with Crippen LogP contribution >= 0.6 is 11.6 Å². The van der Waals surface area contributed by atoms with Gasteiger partial charge in [0.25, 0.3) is 10.0 Å². The van der Waals surface area contributed by atoms with E-state index < -0.39 is 15.6 Å². The first-order valence-corrected chi connectivity index (χ1v) is 8.36. The van der Waals surface area contributed by atoms with Gasteiger partial charge in [-0.3, -0.25) is 9.58 Å². The standard InChI is InChI=1S/C12H18ClN5O2S/c1-12(2,9-14)17-4-6-18(7-5-17)21(19,20)11-10(13)8-15-16(11)3/h8H,4-7H2,1-3H3. The van der Waals surface area contributed by atoms with Gasteiger partial charge in [0.15, 0.2) is 5.03 Å². The molecular weight excluding hydrogens is 314 g/mol. The first kappa shape index (κ1) is 16.2. The Morgan fingerprint density at radius 3 is 2.33 bits per heavy atom. The number of halogens is 1. The van der Waals surface area contributed by atoms with E-state index in [9.17, 15) is 8.42 Å². The molecule has 2 heterocycles. The van der Waals surface area contributed by atoms with Crippen molar-refractivity contribution in [1.82, 2.24) is 19.0 Å². The van der Waals surface area contributed by atoms with Crippen LogP contribution in [0, 0.1) is 11.3 Å². The average Bonchev–Trinajstić information content (AvgIpc) is 2.79. The highest BCUT2D eigenvalue weighted by Crippen LogP contribution is 2.25. The molecule has 0 aromatic carbocycles. The number of rotatable bonds is 3. The molecule has 7 nitrogen and oxygen atoms in total. The van der Waals surface area contributed by atoms with Gasteiger partial charge in [-0.05, 0) is 13.8 Å². The molecule has 0 radical (unpaired) electrons. The summed E-state index contributed by atoms with van der Waals surface area (Å²) >= 11 is 5.93. The predicted octanol–water partition coefficient (Wildman–Crippen LogP) is 0.682. The van der Waals surface area contributed by atoms with Gasteiger partial charge in [0.05, 0.1) is 17.3 Å². The summed E-state index contributed by atoms with van der Waals surface area (Å²) in [6, 6.07) is 2.23. The average molecular weight is 332 g/mol.